The molecule has 3 rings (SSSR count). The number of benzene rings is 2. The van der Waals surface area contributed by atoms with Crippen molar-refractivity contribution >= 4 is 29.3 Å². The summed E-state index contributed by atoms with van der Waals surface area (Å²) < 4.78 is 13.0. The number of anilines is 2. The van der Waals surface area contributed by atoms with Crippen molar-refractivity contribution in [1.29, 1.82) is 0 Å². The minimum Gasteiger partial charge on any atom is -0.326 e. The first-order valence-corrected chi connectivity index (χ1v) is 8.54. The molecule has 0 bridgehead atoms. The highest BCUT2D eigenvalue weighted by molar-refractivity contribution is 6.08. The molecule has 2 amide bonds. The number of amides is 2. The van der Waals surface area contributed by atoms with Crippen molar-refractivity contribution in [2.24, 2.45) is 4.99 Å². The van der Waals surface area contributed by atoms with E-state index in [-0.39, 0.29) is 17.7 Å². The zero-order valence-electron chi connectivity index (χ0n) is 15.4. The maximum absolute atomic E-state index is 13.0. The van der Waals surface area contributed by atoms with Crippen LogP contribution >= 0.6 is 0 Å². The van der Waals surface area contributed by atoms with E-state index in [1.807, 2.05) is 50.2 Å². The Morgan fingerprint density at radius 3 is 2.14 bits per heavy atom. The summed E-state index contributed by atoms with van der Waals surface area (Å²) in [6.45, 7) is 3.68. The predicted molar refractivity (Wildman–Crippen MR) is 107 cm³/mol. The molecule has 1 aromatic heterocycles. The molecule has 0 aliphatic carbocycles. The molecule has 0 aliphatic rings. The molecule has 1 heterocycles. The summed E-state index contributed by atoms with van der Waals surface area (Å²) in [7, 11) is 0. The Morgan fingerprint density at radius 2 is 1.50 bits per heavy atom. The Bertz CT molecular complexity index is 969. The van der Waals surface area contributed by atoms with E-state index in [9.17, 15) is 9.18 Å². The molecule has 2 aromatic carbocycles. The molecular formula is C20H19FN6O. The Morgan fingerprint density at radius 1 is 0.893 bits per heavy atom. The Hall–Kier alpha value is -3.81. The molecule has 7 nitrogen and oxygen atoms in total. The van der Waals surface area contributed by atoms with Gasteiger partial charge in [-0.2, -0.15) is 4.99 Å². The smallest absolute Gasteiger partial charge is 0.326 e. The van der Waals surface area contributed by atoms with Crippen LogP contribution in [0.1, 0.15) is 11.4 Å². The van der Waals surface area contributed by atoms with Crippen LogP contribution in [0, 0.1) is 19.7 Å². The van der Waals surface area contributed by atoms with Gasteiger partial charge in [0.15, 0.2) is 0 Å². The lowest BCUT2D eigenvalue weighted by atomic mass is 10.3. The van der Waals surface area contributed by atoms with Gasteiger partial charge in [-0.15, -0.1) is 0 Å². The summed E-state index contributed by atoms with van der Waals surface area (Å²) in [4.78, 5) is 25.2. The molecule has 0 saturated carbocycles. The highest BCUT2D eigenvalue weighted by atomic mass is 19.1. The summed E-state index contributed by atoms with van der Waals surface area (Å²) >= 11 is 0. The fourth-order valence-electron chi connectivity index (χ4n) is 2.41. The number of hydrogen-bond acceptors (Lipinski definition) is 4. The lowest BCUT2D eigenvalue weighted by Gasteiger charge is -2.12. The predicted octanol–water partition coefficient (Wildman–Crippen LogP) is 4.15. The average molecular weight is 378 g/mol. The van der Waals surface area contributed by atoms with Crippen molar-refractivity contribution in [2.75, 3.05) is 10.6 Å². The number of nitrogens with one attached hydrogen (secondary N) is 3. The Kier molecular flexibility index (Phi) is 5.91. The first kappa shape index (κ1) is 19.0. The van der Waals surface area contributed by atoms with Gasteiger partial charge in [0.1, 0.15) is 5.82 Å². The molecule has 0 atom stereocenters. The number of nitrogens with zero attached hydrogens (tertiary/aromatic N) is 3. The maximum atomic E-state index is 13.0. The summed E-state index contributed by atoms with van der Waals surface area (Å²) in [5.41, 5.74) is 2.70. The van der Waals surface area contributed by atoms with Crippen LogP contribution in [0.15, 0.2) is 65.7 Å². The lowest BCUT2D eigenvalue weighted by Crippen LogP contribution is -2.38. The zero-order chi connectivity index (χ0) is 19.9. The number of rotatable bonds is 3. The second-order valence-electron chi connectivity index (χ2n) is 5.99. The van der Waals surface area contributed by atoms with E-state index >= 15 is 0 Å². The van der Waals surface area contributed by atoms with Crippen LogP contribution in [0.4, 0.5) is 26.5 Å². The van der Waals surface area contributed by atoms with E-state index in [0.717, 1.165) is 17.1 Å². The van der Waals surface area contributed by atoms with Gasteiger partial charge in [-0.25, -0.2) is 19.2 Å². The van der Waals surface area contributed by atoms with Crippen molar-refractivity contribution < 1.29 is 9.18 Å². The number of aryl methyl sites for hydroxylation is 2. The standard InChI is InChI=1S/C20H19FN6O/c1-13-12-14(2)23-18(22-13)26-19(24-16-6-4-3-5-7-16)27-20(28)25-17-10-8-15(21)9-11-17/h3-12H,1-2H3,(H3,22,23,24,25,26,27,28). The molecule has 0 fully saturated rings. The van der Waals surface area contributed by atoms with E-state index in [0.29, 0.717) is 5.69 Å². The van der Waals surface area contributed by atoms with E-state index in [4.69, 9.17) is 0 Å². The topological polar surface area (TPSA) is 91.3 Å². The SMILES string of the molecule is Cc1cc(C)nc(N=C(NC(=O)Nc2ccc(F)cc2)Nc2ccccc2)n1. The van der Waals surface area contributed by atoms with E-state index in [1.165, 1.54) is 24.3 Å². The van der Waals surface area contributed by atoms with Crippen LogP contribution < -0.4 is 16.0 Å². The maximum Gasteiger partial charge on any atom is 0.326 e. The molecule has 3 aromatic rings. The molecule has 28 heavy (non-hydrogen) atoms. The van der Waals surface area contributed by atoms with Crippen LogP contribution in [0.5, 0.6) is 0 Å². The fourth-order valence-corrected chi connectivity index (χ4v) is 2.41. The van der Waals surface area contributed by atoms with Crippen LogP contribution in [-0.4, -0.2) is 22.0 Å². The van der Waals surface area contributed by atoms with Gasteiger partial charge >= 0.3 is 6.03 Å². The molecule has 142 valence electrons. The van der Waals surface area contributed by atoms with Crippen molar-refractivity contribution in [3.05, 3.63) is 77.9 Å². The quantitative estimate of drug-likeness (QED) is 0.472. The molecule has 0 radical (unpaired) electrons. The Balaban J connectivity index is 1.81. The van der Waals surface area contributed by atoms with Gasteiger partial charge < -0.3 is 10.6 Å². The summed E-state index contributed by atoms with van der Waals surface area (Å²) in [5.74, 6) is -0.0141. The van der Waals surface area contributed by atoms with Gasteiger partial charge in [-0.1, -0.05) is 18.2 Å². The normalized spacial score (nSPS) is 11.0. The fraction of sp³-hybridized carbons (Fsp3) is 0.100. The van der Waals surface area contributed by atoms with Gasteiger partial charge in [-0.05, 0) is 56.3 Å². The molecular weight excluding hydrogens is 359 g/mol. The van der Waals surface area contributed by atoms with Crippen molar-refractivity contribution in [3.63, 3.8) is 0 Å². The molecule has 3 N–H and O–H groups in total. The first-order valence-electron chi connectivity index (χ1n) is 8.54. The number of hydrogen-bond donors (Lipinski definition) is 3. The third kappa shape index (κ3) is 5.60. The van der Waals surface area contributed by atoms with Crippen LogP contribution in [-0.2, 0) is 0 Å². The van der Waals surface area contributed by atoms with Gasteiger partial charge in [0.05, 0.1) is 0 Å². The first-order chi connectivity index (χ1) is 13.5. The number of para-hydroxylation sites is 1. The van der Waals surface area contributed by atoms with Gasteiger partial charge in [-0.3, -0.25) is 5.32 Å². The summed E-state index contributed by atoms with van der Waals surface area (Å²) in [5, 5.41) is 8.28. The zero-order valence-corrected chi connectivity index (χ0v) is 15.4. The second-order valence-corrected chi connectivity index (χ2v) is 5.99. The van der Waals surface area contributed by atoms with Crippen molar-refractivity contribution in [3.8, 4) is 0 Å². The van der Waals surface area contributed by atoms with E-state index in [1.54, 1.807) is 0 Å². The van der Waals surface area contributed by atoms with Crippen LogP contribution in [0.25, 0.3) is 0 Å². The molecule has 0 aliphatic heterocycles. The monoisotopic (exact) mass is 378 g/mol. The highest BCUT2D eigenvalue weighted by Crippen LogP contribution is 2.11. The largest absolute Gasteiger partial charge is 0.326 e. The Labute approximate surface area is 161 Å². The minimum atomic E-state index is -0.543. The second kappa shape index (κ2) is 8.72. The number of carbonyl (C=O) groups is 1. The summed E-state index contributed by atoms with van der Waals surface area (Å²) in [6, 6.07) is 16.0. The summed E-state index contributed by atoms with van der Waals surface area (Å²) in [6.07, 6.45) is 0. The number of aliphatic imine (C=N–C) groups is 1. The lowest BCUT2D eigenvalue weighted by molar-refractivity contribution is 0.256. The van der Waals surface area contributed by atoms with E-state index < -0.39 is 6.03 Å². The highest BCUT2D eigenvalue weighted by Gasteiger charge is 2.09. The third-order valence-corrected chi connectivity index (χ3v) is 3.55. The van der Waals surface area contributed by atoms with Gasteiger partial charge in [0.2, 0.25) is 5.96 Å². The van der Waals surface area contributed by atoms with Crippen molar-refractivity contribution in [2.45, 2.75) is 13.8 Å². The van der Waals surface area contributed by atoms with Gasteiger partial charge in [0, 0.05) is 22.8 Å². The average Bonchev–Trinajstić information content (AvgIpc) is 2.63. The third-order valence-electron chi connectivity index (χ3n) is 3.55. The van der Waals surface area contributed by atoms with E-state index in [2.05, 4.69) is 30.9 Å². The van der Waals surface area contributed by atoms with Gasteiger partial charge in [0.25, 0.3) is 5.95 Å². The molecule has 0 spiro atoms. The minimum absolute atomic E-state index is 0.149. The molecule has 0 saturated heterocycles. The van der Waals surface area contributed by atoms with Crippen molar-refractivity contribution in [1.82, 2.24) is 15.3 Å². The van der Waals surface area contributed by atoms with Crippen LogP contribution in [0.2, 0.25) is 0 Å². The molecule has 0 unspecified atom stereocenters. The number of aromatic nitrogens is 2. The number of guanidine groups is 1. The number of urea groups is 1. The number of halogens is 1. The molecule has 8 heteroatoms. The number of carbonyl (C=O) groups excluding carboxylic acids is 1. The van der Waals surface area contributed by atoms with Crippen LogP contribution in [0.3, 0.4) is 0 Å².